The number of amides is 1. The lowest BCUT2D eigenvalue weighted by Gasteiger charge is -2.47. The third kappa shape index (κ3) is 3.30. The summed E-state index contributed by atoms with van der Waals surface area (Å²) in [5.74, 6) is 0.567. The summed E-state index contributed by atoms with van der Waals surface area (Å²) in [7, 11) is 4.09. The molecule has 2 bridgehead atoms. The van der Waals surface area contributed by atoms with Gasteiger partial charge in [-0.2, -0.15) is 0 Å². The van der Waals surface area contributed by atoms with Gasteiger partial charge in [0.25, 0.3) is 11.5 Å². The molecule has 2 aliphatic heterocycles. The number of piperidine rings is 1. The molecule has 0 spiro atoms. The summed E-state index contributed by atoms with van der Waals surface area (Å²) in [5, 5.41) is 1.11. The van der Waals surface area contributed by atoms with Crippen molar-refractivity contribution in [3.63, 3.8) is 0 Å². The molecule has 6 nitrogen and oxygen atoms in total. The maximum Gasteiger partial charge on any atom is 0.253 e. The number of likely N-dealkylation sites (N-methyl/N-ethyl adjacent to an activating group) is 1. The van der Waals surface area contributed by atoms with E-state index in [0.717, 1.165) is 40.8 Å². The highest BCUT2D eigenvalue weighted by Crippen LogP contribution is 2.41. The number of benzene rings is 1. The first kappa shape index (κ1) is 20.1. The topological polar surface area (TPSA) is 61.3 Å². The van der Waals surface area contributed by atoms with Crippen LogP contribution in [-0.2, 0) is 0 Å². The van der Waals surface area contributed by atoms with Gasteiger partial charge in [0.05, 0.1) is 6.04 Å². The summed E-state index contributed by atoms with van der Waals surface area (Å²) in [6, 6.07) is 11.6. The number of nitrogens with one attached hydrogen (secondary N) is 1. The number of aryl methyl sites for hydroxylation is 2. The van der Waals surface area contributed by atoms with Crippen LogP contribution in [0.2, 0.25) is 0 Å². The number of hydrogen-bond acceptors (Lipinski definition) is 3. The van der Waals surface area contributed by atoms with Gasteiger partial charge >= 0.3 is 0 Å². The summed E-state index contributed by atoms with van der Waals surface area (Å²) >= 11 is 0. The van der Waals surface area contributed by atoms with Crippen molar-refractivity contribution in [1.82, 2.24) is 19.4 Å². The average molecular weight is 419 g/mol. The molecule has 5 rings (SSSR count). The van der Waals surface area contributed by atoms with Crippen LogP contribution < -0.4 is 5.56 Å². The molecule has 3 aromatic rings. The molecule has 6 heteroatoms. The van der Waals surface area contributed by atoms with E-state index in [-0.39, 0.29) is 29.3 Å². The second-order valence-electron chi connectivity index (χ2n) is 9.53. The summed E-state index contributed by atoms with van der Waals surface area (Å²) in [6.07, 6.45) is 1.03. The molecule has 3 atom stereocenters. The standard InChI is InChI=1S/C25H30N4O2/c1-15-16(2)26-21-9-8-17(11-20(15)21)25(31)28-12-18-10-19(13-28)23(14-27(3)4)29-22(18)6-5-7-24(29)30/h5-9,11,18-19,23,26H,10,12-14H2,1-4H3/t18-,19+,23+/m1/s1. The second-order valence-corrected chi connectivity index (χ2v) is 9.53. The fraction of sp³-hybridized carbons (Fsp3) is 0.440. The number of carbonyl (C=O) groups is 1. The molecule has 2 aromatic heterocycles. The molecule has 0 saturated carbocycles. The highest BCUT2D eigenvalue weighted by atomic mass is 16.2. The van der Waals surface area contributed by atoms with Crippen molar-refractivity contribution in [2.24, 2.45) is 5.92 Å². The number of rotatable bonds is 3. The molecular formula is C25H30N4O2. The van der Waals surface area contributed by atoms with Crippen LogP contribution in [0.25, 0.3) is 10.9 Å². The molecule has 1 amide bonds. The number of fused-ring (bicyclic) bond motifs is 5. The van der Waals surface area contributed by atoms with E-state index in [1.165, 1.54) is 5.56 Å². The van der Waals surface area contributed by atoms with Gasteiger partial charge in [-0.1, -0.05) is 6.07 Å². The molecule has 1 N–H and O–H groups in total. The Balaban J connectivity index is 1.50. The highest BCUT2D eigenvalue weighted by molar-refractivity contribution is 5.99. The number of carbonyl (C=O) groups excluding carboxylic acids is 1. The molecule has 0 radical (unpaired) electrons. The number of pyridine rings is 1. The lowest BCUT2D eigenvalue weighted by molar-refractivity contribution is 0.0498. The molecule has 1 saturated heterocycles. The number of aromatic amines is 1. The van der Waals surface area contributed by atoms with Crippen LogP contribution in [0.15, 0.2) is 41.2 Å². The predicted octanol–water partition coefficient (Wildman–Crippen LogP) is 3.31. The Morgan fingerprint density at radius 3 is 2.74 bits per heavy atom. The van der Waals surface area contributed by atoms with Gasteiger partial charge in [-0.25, -0.2) is 0 Å². The average Bonchev–Trinajstić information content (AvgIpc) is 3.03. The molecule has 0 unspecified atom stereocenters. The first-order chi connectivity index (χ1) is 14.8. The zero-order valence-corrected chi connectivity index (χ0v) is 18.7. The molecule has 4 heterocycles. The Hall–Kier alpha value is -2.86. The summed E-state index contributed by atoms with van der Waals surface area (Å²) < 4.78 is 2.00. The van der Waals surface area contributed by atoms with Crippen LogP contribution in [0.5, 0.6) is 0 Å². The fourth-order valence-corrected chi connectivity index (χ4v) is 5.59. The molecule has 1 aromatic carbocycles. The molecule has 2 aliphatic rings. The predicted molar refractivity (Wildman–Crippen MR) is 123 cm³/mol. The van der Waals surface area contributed by atoms with Crippen LogP contribution in [-0.4, -0.2) is 59.0 Å². The van der Waals surface area contributed by atoms with Gasteiger partial charge in [-0.05, 0) is 70.1 Å². The minimum Gasteiger partial charge on any atom is -0.358 e. The van der Waals surface area contributed by atoms with Gasteiger partial charge in [-0.15, -0.1) is 0 Å². The van der Waals surface area contributed by atoms with Crippen molar-refractivity contribution < 1.29 is 4.79 Å². The van der Waals surface area contributed by atoms with Crippen LogP contribution in [0.1, 0.15) is 45.7 Å². The zero-order chi connectivity index (χ0) is 21.9. The smallest absolute Gasteiger partial charge is 0.253 e. The van der Waals surface area contributed by atoms with E-state index in [9.17, 15) is 9.59 Å². The number of nitrogens with zero attached hydrogens (tertiary/aromatic N) is 3. The fourth-order valence-electron chi connectivity index (χ4n) is 5.59. The van der Waals surface area contributed by atoms with Crippen LogP contribution in [0.4, 0.5) is 0 Å². The molecular weight excluding hydrogens is 388 g/mol. The number of hydrogen-bond donors (Lipinski definition) is 1. The van der Waals surface area contributed by atoms with Crippen molar-refractivity contribution in [2.45, 2.75) is 32.2 Å². The van der Waals surface area contributed by atoms with E-state index < -0.39 is 0 Å². The maximum atomic E-state index is 13.5. The third-order valence-corrected chi connectivity index (χ3v) is 7.19. The van der Waals surface area contributed by atoms with E-state index >= 15 is 0 Å². The van der Waals surface area contributed by atoms with Gasteiger partial charge in [0, 0.05) is 59.5 Å². The van der Waals surface area contributed by atoms with Gasteiger partial charge in [0.1, 0.15) is 0 Å². The SMILES string of the molecule is Cc1[nH]c2ccc(C(=O)N3C[C@H]4C[C@@H](C3)[C@H](CN(C)C)n3c4cccc3=O)cc2c1C. The lowest BCUT2D eigenvalue weighted by atomic mass is 9.78. The van der Waals surface area contributed by atoms with Crippen molar-refractivity contribution in [2.75, 3.05) is 33.7 Å². The van der Waals surface area contributed by atoms with Crippen molar-refractivity contribution in [1.29, 1.82) is 0 Å². The minimum absolute atomic E-state index is 0.0718. The van der Waals surface area contributed by atoms with Gasteiger partial charge < -0.3 is 19.4 Å². The first-order valence-electron chi connectivity index (χ1n) is 11.1. The molecule has 0 aliphatic carbocycles. The highest BCUT2D eigenvalue weighted by Gasteiger charge is 2.42. The Labute approximate surface area is 182 Å². The number of H-pyrrole nitrogens is 1. The normalized spacial score (nSPS) is 22.7. The van der Waals surface area contributed by atoms with Gasteiger partial charge in [-0.3, -0.25) is 9.59 Å². The molecule has 1 fully saturated rings. The third-order valence-electron chi connectivity index (χ3n) is 7.19. The van der Waals surface area contributed by atoms with Crippen LogP contribution in [0.3, 0.4) is 0 Å². The Morgan fingerprint density at radius 1 is 1.16 bits per heavy atom. The minimum atomic E-state index is 0.0718. The van der Waals surface area contributed by atoms with E-state index in [0.29, 0.717) is 13.1 Å². The number of likely N-dealkylation sites (tertiary alicyclic amines) is 1. The summed E-state index contributed by atoms with van der Waals surface area (Å²) in [5.41, 5.74) is 5.29. The van der Waals surface area contributed by atoms with E-state index in [1.807, 2.05) is 47.8 Å². The molecule has 31 heavy (non-hydrogen) atoms. The van der Waals surface area contributed by atoms with Crippen LogP contribution >= 0.6 is 0 Å². The Bertz CT molecular complexity index is 1220. The van der Waals surface area contributed by atoms with Crippen molar-refractivity contribution >= 4 is 16.8 Å². The maximum absolute atomic E-state index is 13.5. The summed E-state index contributed by atoms with van der Waals surface area (Å²) in [4.78, 5) is 33.8. The monoisotopic (exact) mass is 418 g/mol. The quantitative estimate of drug-likeness (QED) is 0.710. The lowest BCUT2D eigenvalue weighted by Crippen LogP contribution is -2.52. The first-order valence-corrected chi connectivity index (χ1v) is 11.1. The van der Waals surface area contributed by atoms with E-state index in [4.69, 9.17) is 0 Å². The zero-order valence-electron chi connectivity index (χ0n) is 18.7. The van der Waals surface area contributed by atoms with Crippen molar-refractivity contribution in [3.05, 3.63) is 69.3 Å². The van der Waals surface area contributed by atoms with E-state index in [1.54, 1.807) is 6.07 Å². The van der Waals surface area contributed by atoms with Gasteiger partial charge in [0.2, 0.25) is 0 Å². The Morgan fingerprint density at radius 2 is 1.97 bits per heavy atom. The summed E-state index contributed by atoms with van der Waals surface area (Å²) in [6.45, 7) is 6.31. The van der Waals surface area contributed by atoms with Gasteiger partial charge in [0.15, 0.2) is 0 Å². The Kier molecular flexibility index (Phi) is 4.77. The van der Waals surface area contributed by atoms with E-state index in [2.05, 4.69) is 29.8 Å². The van der Waals surface area contributed by atoms with Crippen LogP contribution in [0, 0.1) is 19.8 Å². The largest absolute Gasteiger partial charge is 0.358 e. The number of aromatic nitrogens is 2. The molecule has 162 valence electrons. The second kappa shape index (κ2) is 7.38. The van der Waals surface area contributed by atoms with Crippen molar-refractivity contribution in [3.8, 4) is 0 Å².